The maximum Gasteiger partial charge on any atom is 0.233 e. The third kappa shape index (κ3) is 10.9. The molecule has 1 aliphatic heterocycles. The molecule has 0 bridgehead atoms. The Kier molecular flexibility index (Phi) is 15.4. The van der Waals surface area contributed by atoms with E-state index in [0.717, 1.165) is 6.42 Å². The van der Waals surface area contributed by atoms with Crippen LogP contribution >= 0.6 is 0 Å². The predicted molar refractivity (Wildman–Crippen MR) is 101 cm³/mol. The normalized spacial score (nSPS) is 16.4. The fourth-order valence-corrected chi connectivity index (χ4v) is 2.27. The zero-order valence-corrected chi connectivity index (χ0v) is 17.1. The minimum absolute atomic E-state index is 0.0979. The fourth-order valence-electron chi connectivity index (χ4n) is 2.27. The maximum atomic E-state index is 12.0. The Bertz CT molecular complexity index is 395. The molecular weight excluding hydrogens is 320 g/mol. The quantitative estimate of drug-likeness (QED) is 0.685. The summed E-state index contributed by atoms with van der Waals surface area (Å²) in [7, 11) is 0. The predicted octanol–water partition coefficient (Wildman–Crippen LogP) is 2.59. The van der Waals surface area contributed by atoms with Gasteiger partial charge in [-0.25, -0.2) is 0 Å². The largest absolute Gasteiger partial charge is 0.397 e. The van der Waals surface area contributed by atoms with Crippen LogP contribution in [0.1, 0.15) is 67.7 Å². The SMILES string of the molecule is CC.CC(C)CCNC(=O)CCN1C(=O)CC(C(C)C)C1=O.CCO. The standard InChI is InChI=1S/C15H26N2O3.C2H6O.C2H6/c1-10(2)5-7-16-13(18)6-8-17-14(19)9-12(11(3)4)15(17)20;1-2-3;1-2/h10-12H,5-9H2,1-4H3,(H,16,18);3H,2H2,1H3;1-2H3. The van der Waals surface area contributed by atoms with Crippen molar-refractivity contribution in [2.45, 2.75) is 67.7 Å². The van der Waals surface area contributed by atoms with Crippen molar-refractivity contribution in [3.05, 3.63) is 0 Å². The molecule has 25 heavy (non-hydrogen) atoms. The third-order valence-electron chi connectivity index (χ3n) is 3.69. The van der Waals surface area contributed by atoms with Crippen molar-refractivity contribution in [3.8, 4) is 0 Å². The minimum atomic E-state index is -0.216. The number of nitrogens with one attached hydrogen (secondary N) is 1. The maximum absolute atomic E-state index is 12.0. The molecule has 0 aromatic heterocycles. The van der Waals surface area contributed by atoms with Gasteiger partial charge in [0.15, 0.2) is 0 Å². The summed E-state index contributed by atoms with van der Waals surface area (Å²) in [5.41, 5.74) is 0. The Morgan fingerprint density at radius 2 is 1.76 bits per heavy atom. The van der Waals surface area contributed by atoms with Crippen LogP contribution in [0.25, 0.3) is 0 Å². The van der Waals surface area contributed by atoms with Crippen molar-refractivity contribution < 1.29 is 19.5 Å². The lowest BCUT2D eigenvalue weighted by Gasteiger charge is -2.16. The molecular formula is C19H38N2O4. The lowest BCUT2D eigenvalue weighted by atomic mass is 9.94. The molecule has 0 aromatic rings. The summed E-state index contributed by atoms with van der Waals surface area (Å²) in [4.78, 5) is 36.7. The number of likely N-dealkylation sites (tertiary alicyclic amines) is 1. The van der Waals surface area contributed by atoms with E-state index in [1.165, 1.54) is 4.90 Å². The van der Waals surface area contributed by atoms with E-state index in [0.29, 0.717) is 12.5 Å². The second-order valence-electron chi connectivity index (χ2n) is 6.54. The van der Waals surface area contributed by atoms with E-state index in [1.54, 1.807) is 6.92 Å². The number of imide groups is 1. The van der Waals surface area contributed by atoms with Crippen molar-refractivity contribution in [2.75, 3.05) is 19.7 Å². The lowest BCUT2D eigenvalue weighted by Crippen LogP contribution is -2.36. The molecule has 1 rings (SSSR count). The van der Waals surface area contributed by atoms with Crippen LogP contribution < -0.4 is 5.32 Å². The molecule has 6 heteroatoms. The molecule has 1 saturated heterocycles. The Labute approximate surface area is 153 Å². The average Bonchev–Trinajstić information content (AvgIpc) is 2.82. The number of carbonyl (C=O) groups is 3. The first-order chi connectivity index (χ1) is 11.7. The molecule has 1 heterocycles. The number of hydrogen-bond acceptors (Lipinski definition) is 4. The summed E-state index contributed by atoms with van der Waals surface area (Å²) < 4.78 is 0. The Balaban J connectivity index is 0. The minimum Gasteiger partial charge on any atom is -0.397 e. The van der Waals surface area contributed by atoms with E-state index in [2.05, 4.69) is 19.2 Å². The smallest absolute Gasteiger partial charge is 0.233 e. The van der Waals surface area contributed by atoms with Crippen molar-refractivity contribution in [2.24, 2.45) is 17.8 Å². The zero-order valence-electron chi connectivity index (χ0n) is 17.1. The van der Waals surface area contributed by atoms with Gasteiger partial charge in [-0.2, -0.15) is 0 Å². The first kappa shape index (κ1) is 25.8. The van der Waals surface area contributed by atoms with E-state index < -0.39 is 0 Å². The van der Waals surface area contributed by atoms with Gasteiger partial charge in [0.05, 0.1) is 0 Å². The molecule has 0 aromatic carbocycles. The Hall–Kier alpha value is -1.43. The fraction of sp³-hybridized carbons (Fsp3) is 0.842. The van der Waals surface area contributed by atoms with Crippen molar-refractivity contribution >= 4 is 17.7 Å². The molecule has 3 amide bonds. The molecule has 0 saturated carbocycles. The number of nitrogens with zero attached hydrogens (tertiary/aromatic N) is 1. The molecule has 1 unspecified atom stereocenters. The van der Waals surface area contributed by atoms with E-state index in [9.17, 15) is 14.4 Å². The van der Waals surface area contributed by atoms with Gasteiger partial charge in [-0.15, -0.1) is 0 Å². The first-order valence-electron chi connectivity index (χ1n) is 9.46. The number of aliphatic hydroxyl groups excluding tert-OH is 1. The monoisotopic (exact) mass is 358 g/mol. The molecule has 1 fully saturated rings. The highest BCUT2D eigenvalue weighted by Crippen LogP contribution is 2.26. The summed E-state index contributed by atoms with van der Waals surface area (Å²) in [5, 5.41) is 10.4. The van der Waals surface area contributed by atoms with Gasteiger partial charge in [0.2, 0.25) is 17.7 Å². The van der Waals surface area contributed by atoms with E-state index in [-0.39, 0.29) is 55.6 Å². The molecule has 2 N–H and O–H groups in total. The van der Waals surface area contributed by atoms with Crippen LogP contribution in [0.4, 0.5) is 0 Å². The van der Waals surface area contributed by atoms with E-state index in [1.807, 2.05) is 27.7 Å². The summed E-state index contributed by atoms with van der Waals surface area (Å²) in [6.45, 7) is 14.9. The Morgan fingerprint density at radius 1 is 1.24 bits per heavy atom. The highest BCUT2D eigenvalue weighted by molar-refractivity contribution is 6.03. The summed E-state index contributed by atoms with van der Waals surface area (Å²) in [5.74, 6) is 0.120. The average molecular weight is 359 g/mol. The van der Waals surface area contributed by atoms with Crippen molar-refractivity contribution in [1.82, 2.24) is 10.2 Å². The second-order valence-corrected chi connectivity index (χ2v) is 6.54. The summed E-state index contributed by atoms with van der Waals surface area (Å²) in [6, 6.07) is 0. The second kappa shape index (κ2) is 14.9. The molecule has 0 radical (unpaired) electrons. The highest BCUT2D eigenvalue weighted by atomic mass is 16.2. The molecule has 0 spiro atoms. The van der Waals surface area contributed by atoms with Crippen LogP contribution in [0.2, 0.25) is 0 Å². The highest BCUT2D eigenvalue weighted by Gasteiger charge is 2.39. The number of aliphatic hydroxyl groups is 1. The van der Waals surface area contributed by atoms with Crippen molar-refractivity contribution in [3.63, 3.8) is 0 Å². The number of carbonyl (C=O) groups excluding carboxylic acids is 3. The van der Waals surface area contributed by atoms with Gasteiger partial charge in [-0.1, -0.05) is 41.5 Å². The van der Waals surface area contributed by atoms with Crippen LogP contribution in [0, 0.1) is 17.8 Å². The first-order valence-corrected chi connectivity index (χ1v) is 9.46. The Morgan fingerprint density at radius 3 is 2.16 bits per heavy atom. The van der Waals surface area contributed by atoms with Gasteiger partial charge >= 0.3 is 0 Å². The van der Waals surface area contributed by atoms with Gasteiger partial charge in [0, 0.05) is 38.5 Å². The van der Waals surface area contributed by atoms with Gasteiger partial charge in [-0.3, -0.25) is 19.3 Å². The van der Waals surface area contributed by atoms with Crippen molar-refractivity contribution in [1.29, 1.82) is 0 Å². The molecule has 6 nitrogen and oxygen atoms in total. The van der Waals surface area contributed by atoms with Crippen LogP contribution in [-0.2, 0) is 14.4 Å². The molecule has 148 valence electrons. The summed E-state index contributed by atoms with van der Waals surface area (Å²) >= 11 is 0. The number of rotatable bonds is 7. The van der Waals surface area contributed by atoms with E-state index in [4.69, 9.17) is 5.11 Å². The van der Waals surface area contributed by atoms with E-state index >= 15 is 0 Å². The zero-order chi connectivity index (χ0) is 20.0. The van der Waals surface area contributed by atoms with Gasteiger partial charge < -0.3 is 10.4 Å². The number of hydrogen-bond donors (Lipinski definition) is 2. The van der Waals surface area contributed by atoms with Crippen LogP contribution in [0.3, 0.4) is 0 Å². The summed E-state index contributed by atoms with van der Waals surface area (Å²) in [6.07, 6.45) is 1.41. The molecule has 1 atom stereocenters. The van der Waals surface area contributed by atoms with Gasteiger partial charge in [0.25, 0.3) is 0 Å². The third-order valence-corrected chi connectivity index (χ3v) is 3.69. The lowest BCUT2D eigenvalue weighted by molar-refractivity contribution is -0.140. The molecule has 1 aliphatic rings. The number of amides is 3. The van der Waals surface area contributed by atoms with Crippen LogP contribution in [0.5, 0.6) is 0 Å². The van der Waals surface area contributed by atoms with Crippen LogP contribution in [0.15, 0.2) is 0 Å². The van der Waals surface area contributed by atoms with Gasteiger partial charge in [0.1, 0.15) is 0 Å². The van der Waals surface area contributed by atoms with Crippen LogP contribution in [-0.4, -0.2) is 47.4 Å². The topological polar surface area (TPSA) is 86.7 Å². The molecule has 0 aliphatic carbocycles. The van der Waals surface area contributed by atoms with Gasteiger partial charge in [-0.05, 0) is 25.2 Å².